The first kappa shape index (κ1) is 13.4. The number of carbonyl (C=O) groups excluding carboxylic acids is 2. The van der Waals surface area contributed by atoms with Crippen LogP contribution in [0.5, 0.6) is 11.5 Å². The minimum atomic E-state index is -0.501. The lowest BCUT2D eigenvalue weighted by Gasteiger charge is -2.32. The number of piperidine rings is 1. The molecule has 0 spiro atoms. The standard InChI is InChI=1S/C14H17NO4/c1-14(7-12(16)15-13(17)8-14)9-4-5-10(18-2)11(6-9)19-3/h4-6H,7-8H2,1-3H3,(H,15,16,17). The van der Waals surface area contributed by atoms with Gasteiger partial charge < -0.3 is 9.47 Å². The third-order valence-electron chi connectivity index (χ3n) is 3.46. The van der Waals surface area contributed by atoms with Crippen LogP contribution in [-0.2, 0) is 15.0 Å². The van der Waals surface area contributed by atoms with E-state index in [-0.39, 0.29) is 24.7 Å². The molecule has 1 saturated heterocycles. The zero-order valence-corrected chi connectivity index (χ0v) is 11.3. The Bertz CT molecular complexity index is 508. The number of ether oxygens (including phenoxy) is 2. The molecule has 0 aromatic heterocycles. The summed E-state index contributed by atoms with van der Waals surface area (Å²) < 4.78 is 10.4. The first-order valence-electron chi connectivity index (χ1n) is 6.04. The second kappa shape index (κ2) is 4.91. The topological polar surface area (TPSA) is 64.6 Å². The highest BCUT2D eigenvalue weighted by Crippen LogP contribution is 2.38. The van der Waals surface area contributed by atoms with Gasteiger partial charge in [0.05, 0.1) is 14.2 Å². The zero-order valence-electron chi connectivity index (χ0n) is 11.3. The molecular weight excluding hydrogens is 246 g/mol. The molecule has 2 amide bonds. The molecular formula is C14H17NO4. The summed E-state index contributed by atoms with van der Waals surface area (Å²) in [6.07, 6.45) is 0.572. The number of benzene rings is 1. The van der Waals surface area contributed by atoms with E-state index in [2.05, 4.69) is 5.32 Å². The van der Waals surface area contributed by atoms with Crippen LogP contribution >= 0.6 is 0 Å². The van der Waals surface area contributed by atoms with Crippen molar-refractivity contribution < 1.29 is 19.1 Å². The molecule has 1 N–H and O–H groups in total. The number of hydrogen-bond donors (Lipinski definition) is 1. The van der Waals surface area contributed by atoms with E-state index in [9.17, 15) is 9.59 Å². The van der Waals surface area contributed by atoms with E-state index in [0.717, 1.165) is 5.56 Å². The fourth-order valence-corrected chi connectivity index (χ4v) is 2.43. The van der Waals surface area contributed by atoms with Gasteiger partial charge in [-0.1, -0.05) is 13.0 Å². The molecule has 0 atom stereocenters. The predicted molar refractivity (Wildman–Crippen MR) is 69.3 cm³/mol. The Labute approximate surface area is 111 Å². The van der Waals surface area contributed by atoms with E-state index in [0.29, 0.717) is 11.5 Å². The molecule has 0 radical (unpaired) electrons. The van der Waals surface area contributed by atoms with E-state index in [4.69, 9.17) is 9.47 Å². The van der Waals surface area contributed by atoms with Crippen LogP contribution in [0.4, 0.5) is 0 Å². The molecule has 5 heteroatoms. The Morgan fingerprint density at radius 2 is 1.63 bits per heavy atom. The Hall–Kier alpha value is -2.04. The third-order valence-corrected chi connectivity index (χ3v) is 3.46. The smallest absolute Gasteiger partial charge is 0.227 e. The van der Waals surface area contributed by atoms with Gasteiger partial charge in [-0.25, -0.2) is 0 Å². The number of carbonyl (C=O) groups is 2. The van der Waals surface area contributed by atoms with Gasteiger partial charge in [0, 0.05) is 18.3 Å². The van der Waals surface area contributed by atoms with Crippen molar-refractivity contribution in [3.63, 3.8) is 0 Å². The fourth-order valence-electron chi connectivity index (χ4n) is 2.43. The summed E-state index contributed by atoms with van der Waals surface area (Å²) in [6, 6.07) is 5.48. The lowest BCUT2D eigenvalue weighted by atomic mass is 9.74. The Morgan fingerprint density at radius 3 is 2.16 bits per heavy atom. The molecule has 1 aromatic carbocycles. The third kappa shape index (κ3) is 2.54. The average Bonchev–Trinajstić information content (AvgIpc) is 2.36. The number of rotatable bonds is 3. The van der Waals surface area contributed by atoms with E-state index in [1.54, 1.807) is 20.3 Å². The molecule has 1 aliphatic rings. The quantitative estimate of drug-likeness (QED) is 0.837. The Kier molecular flexibility index (Phi) is 3.46. The van der Waals surface area contributed by atoms with E-state index >= 15 is 0 Å². The van der Waals surface area contributed by atoms with Crippen molar-refractivity contribution in [1.82, 2.24) is 5.32 Å². The molecule has 1 aliphatic heterocycles. The second-order valence-corrected chi connectivity index (χ2v) is 4.96. The van der Waals surface area contributed by atoms with E-state index in [1.807, 2.05) is 19.1 Å². The lowest BCUT2D eigenvalue weighted by Crippen LogP contribution is -2.45. The van der Waals surface area contributed by atoms with Crippen LogP contribution < -0.4 is 14.8 Å². The molecule has 0 aliphatic carbocycles. The zero-order chi connectivity index (χ0) is 14.0. The van der Waals surface area contributed by atoms with Crippen molar-refractivity contribution in [2.75, 3.05) is 14.2 Å². The van der Waals surface area contributed by atoms with Gasteiger partial charge in [-0.3, -0.25) is 14.9 Å². The number of methoxy groups -OCH3 is 2. The summed E-state index contributed by atoms with van der Waals surface area (Å²) in [5, 5.41) is 2.32. The Balaban J connectivity index is 2.40. The molecule has 19 heavy (non-hydrogen) atoms. The number of hydrogen-bond acceptors (Lipinski definition) is 4. The van der Waals surface area contributed by atoms with Crippen LogP contribution in [0.15, 0.2) is 18.2 Å². The van der Waals surface area contributed by atoms with Crippen molar-refractivity contribution in [3.8, 4) is 11.5 Å². The van der Waals surface area contributed by atoms with Gasteiger partial charge in [-0.2, -0.15) is 0 Å². The largest absolute Gasteiger partial charge is 0.493 e. The van der Waals surface area contributed by atoms with Crippen LogP contribution in [0.2, 0.25) is 0 Å². The van der Waals surface area contributed by atoms with Crippen LogP contribution in [0.3, 0.4) is 0 Å². The number of amides is 2. The van der Waals surface area contributed by atoms with E-state index < -0.39 is 5.41 Å². The fraction of sp³-hybridized carbons (Fsp3) is 0.429. The molecule has 102 valence electrons. The number of nitrogens with one attached hydrogen (secondary N) is 1. The first-order chi connectivity index (χ1) is 8.98. The maximum absolute atomic E-state index is 11.6. The first-order valence-corrected chi connectivity index (χ1v) is 6.04. The highest BCUT2D eigenvalue weighted by molar-refractivity contribution is 5.99. The molecule has 2 rings (SSSR count). The van der Waals surface area contributed by atoms with Crippen LogP contribution in [0, 0.1) is 0 Å². The van der Waals surface area contributed by atoms with Gasteiger partial charge in [-0.15, -0.1) is 0 Å². The average molecular weight is 263 g/mol. The summed E-state index contributed by atoms with van der Waals surface area (Å²) in [4.78, 5) is 23.1. The van der Waals surface area contributed by atoms with Gasteiger partial charge >= 0.3 is 0 Å². The van der Waals surface area contributed by atoms with Crippen LogP contribution in [-0.4, -0.2) is 26.0 Å². The SMILES string of the molecule is COc1ccc(C2(C)CC(=O)NC(=O)C2)cc1OC. The highest BCUT2D eigenvalue weighted by Gasteiger charge is 2.37. The summed E-state index contributed by atoms with van der Waals surface area (Å²) in [7, 11) is 3.12. The molecule has 1 fully saturated rings. The molecule has 0 saturated carbocycles. The maximum Gasteiger partial charge on any atom is 0.227 e. The summed E-state index contributed by atoms with van der Waals surface area (Å²) in [5.74, 6) is 0.739. The van der Waals surface area contributed by atoms with Crippen molar-refractivity contribution in [3.05, 3.63) is 23.8 Å². The molecule has 5 nitrogen and oxygen atoms in total. The van der Waals surface area contributed by atoms with Crippen molar-refractivity contribution in [1.29, 1.82) is 0 Å². The van der Waals surface area contributed by atoms with Crippen LogP contribution in [0.25, 0.3) is 0 Å². The van der Waals surface area contributed by atoms with Crippen molar-refractivity contribution >= 4 is 11.8 Å². The normalized spacial score (nSPS) is 17.8. The maximum atomic E-state index is 11.6. The van der Waals surface area contributed by atoms with Gasteiger partial charge in [0.1, 0.15) is 0 Å². The summed E-state index contributed by atoms with van der Waals surface area (Å²) in [6.45, 7) is 1.91. The second-order valence-electron chi connectivity index (χ2n) is 4.96. The molecule has 0 bridgehead atoms. The monoisotopic (exact) mass is 263 g/mol. The van der Waals surface area contributed by atoms with Gasteiger partial charge in [0.15, 0.2) is 11.5 Å². The molecule has 1 aromatic rings. The summed E-state index contributed by atoms with van der Waals surface area (Å²) >= 11 is 0. The number of imide groups is 1. The minimum absolute atomic E-state index is 0.242. The van der Waals surface area contributed by atoms with Crippen LogP contribution in [0.1, 0.15) is 25.3 Å². The van der Waals surface area contributed by atoms with E-state index in [1.165, 1.54) is 0 Å². The Morgan fingerprint density at radius 1 is 1.05 bits per heavy atom. The van der Waals surface area contributed by atoms with Crippen molar-refractivity contribution in [2.45, 2.75) is 25.2 Å². The van der Waals surface area contributed by atoms with Crippen molar-refractivity contribution in [2.24, 2.45) is 0 Å². The van der Waals surface area contributed by atoms with Gasteiger partial charge in [0.2, 0.25) is 11.8 Å². The highest BCUT2D eigenvalue weighted by atomic mass is 16.5. The van der Waals surface area contributed by atoms with Gasteiger partial charge in [0.25, 0.3) is 0 Å². The predicted octanol–water partition coefficient (Wildman–Crippen LogP) is 1.40. The summed E-state index contributed by atoms with van der Waals surface area (Å²) in [5.41, 5.74) is 0.396. The minimum Gasteiger partial charge on any atom is -0.493 e. The molecule has 0 unspecified atom stereocenters. The lowest BCUT2D eigenvalue weighted by molar-refractivity contribution is -0.135. The molecule has 1 heterocycles. The van der Waals surface area contributed by atoms with Gasteiger partial charge in [-0.05, 0) is 17.7 Å².